The van der Waals surface area contributed by atoms with Gasteiger partial charge in [-0.3, -0.25) is 14.9 Å². The number of nitro benzene ring substituents is 1. The van der Waals surface area contributed by atoms with Crippen molar-refractivity contribution >= 4 is 23.3 Å². The maximum Gasteiger partial charge on any atom is 0.338 e. The number of nitrogens with one attached hydrogen (secondary N) is 1. The molecule has 1 fully saturated rings. The van der Waals surface area contributed by atoms with Crippen molar-refractivity contribution in [2.75, 3.05) is 24.6 Å². The SMILES string of the molecule is C[C@@H](NC(=O)COC(=O)c1ccc(N2CCCCCC2)c([N+](=O)[O-])c1)c1ccco1. The largest absolute Gasteiger partial charge is 0.467 e. The Morgan fingerprint density at radius 2 is 1.97 bits per heavy atom. The Bertz CT molecular complexity index is 888. The van der Waals surface area contributed by atoms with Gasteiger partial charge in [0.05, 0.1) is 22.8 Å². The molecular formula is C21H25N3O6. The summed E-state index contributed by atoms with van der Waals surface area (Å²) in [5, 5.41) is 14.2. The smallest absolute Gasteiger partial charge is 0.338 e. The Hall–Kier alpha value is -3.36. The molecule has 0 bridgehead atoms. The summed E-state index contributed by atoms with van der Waals surface area (Å²) in [6.07, 6.45) is 5.67. The van der Waals surface area contributed by atoms with Crippen molar-refractivity contribution in [2.45, 2.75) is 38.6 Å². The van der Waals surface area contributed by atoms with E-state index in [-0.39, 0.29) is 17.3 Å². The number of benzene rings is 1. The molecule has 9 nitrogen and oxygen atoms in total. The minimum absolute atomic E-state index is 0.0344. The van der Waals surface area contributed by atoms with Gasteiger partial charge < -0.3 is 19.4 Å². The molecule has 9 heteroatoms. The number of furan rings is 1. The van der Waals surface area contributed by atoms with Crippen LogP contribution in [0.2, 0.25) is 0 Å². The first-order valence-corrected chi connectivity index (χ1v) is 9.99. The average molecular weight is 415 g/mol. The van der Waals surface area contributed by atoms with Gasteiger partial charge in [0.15, 0.2) is 6.61 Å². The number of carbonyl (C=O) groups excluding carboxylic acids is 2. The van der Waals surface area contributed by atoms with Crippen LogP contribution in [0, 0.1) is 10.1 Å². The van der Waals surface area contributed by atoms with Crippen LogP contribution in [0.4, 0.5) is 11.4 Å². The number of ether oxygens (including phenoxy) is 1. The molecule has 2 heterocycles. The van der Waals surface area contributed by atoms with E-state index in [1.54, 1.807) is 25.1 Å². The fourth-order valence-electron chi connectivity index (χ4n) is 3.48. The van der Waals surface area contributed by atoms with Crippen LogP contribution in [0.15, 0.2) is 41.0 Å². The Morgan fingerprint density at radius 3 is 2.60 bits per heavy atom. The molecule has 1 aliphatic rings. The maximum atomic E-state index is 12.3. The van der Waals surface area contributed by atoms with E-state index in [1.807, 2.05) is 4.90 Å². The molecule has 160 valence electrons. The molecule has 0 saturated carbocycles. The average Bonchev–Trinajstić information content (AvgIpc) is 3.14. The van der Waals surface area contributed by atoms with Gasteiger partial charge >= 0.3 is 5.97 Å². The van der Waals surface area contributed by atoms with Gasteiger partial charge in [-0.25, -0.2) is 4.79 Å². The molecule has 0 aliphatic carbocycles. The molecule has 1 aromatic carbocycles. The van der Waals surface area contributed by atoms with E-state index in [0.29, 0.717) is 11.4 Å². The van der Waals surface area contributed by atoms with Gasteiger partial charge in [-0.05, 0) is 44.0 Å². The molecule has 0 spiro atoms. The zero-order valence-electron chi connectivity index (χ0n) is 16.8. The van der Waals surface area contributed by atoms with Gasteiger partial charge in [0.25, 0.3) is 11.6 Å². The van der Waals surface area contributed by atoms with Crippen molar-refractivity contribution < 1.29 is 23.7 Å². The number of amides is 1. The quantitative estimate of drug-likeness (QED) is 0.417. The molecular weight excluding hydrogens is 390 g/mol. The van der Waals surface area contributed by atoms with Crippen molar-refractivity contribution in [2.24, 2.45) is 0 Å². The molecule has 1 aliphatic heterocycles. The van der Waals surface area contributed by atoms with E-state index >= 15 is 0 Å². The third kappa shape index (κ3) is 5.37. The van der Waals surface area contributed by atoms with Crippen LogP contribution in [-0.4, -0.2) is 36.5 Å². The Kier molecular flexibility index (Phi) is 7.05. The van der Waals surface area contributed by atoms with Crippen LogP contribution in [0.1, 0.15) is 54.8 Å². The number of nitro groups is 1. The molecule has 1 amide bonds. The molecule has 0 radical (unpaired) electrons. The monoisotopic (exact) mass is 415 g/mol. The predicted octanol–water partition coefficient (Wildman–Crippen LogP) is 3.60. The zero-order chi connectivity index (χ0) is 21.5. The highest BCUT2D eigenvalue weighted by molar-refractivity contribution is 5.93. The minimum Gasteiger partial charge on any atom is -0.467 e. The van der Waals surface area contributed by atoms with Crippen LogP contribution in [0.3, 0.4) is 0 Å². The van der Waals surface area contributed by atoms with Crippen LogP contribution in [0.5, 0.6) is 0 Å². The molecule has 0 unspecified atom stereocenters. The first-order valence-electron chi connectivity index (χ1n) is 9.99. The number of esters is 1. The van der Waals surface area contributed by atoms with E-state index in [9.17, 15) is 19.7 Å². The van der Waals surface area contributed by atoms with E-state index in [2.05, 4.69) is 5.32 Å². The third-order valence-corrected chi connectivity index (χ3v) is 5.04. The molecule has 1 atom stereocenters. The molecule has 1 N–H and O–H groups in total. The van der Waals surface area contributed by atoms with E-state index in [0.717, 1.165) is 38.8 Å². The van der Waals surface area contributed by atoms with Crippen LogP contribution in [0.25, 0.3) is 0 Å². The first-order chi connectivity index (χ1) is 14.5. The van der Waals surface area contributed by atoms with Gasteiger partial charge in [0.2, 0.25) is 0 Å². The number of rotatable bonds is 7. The lowest BCUT2D eigenvalue weighted by molar-refractivity contribution is -0.384. The van der Waals surface area contributed by atoms with Gasteiger partial charge in [0.1, 0.15) is 11.4 Å². The maximum absolute atomic E-state index is 12.3. The molecule has 1 saturated heterocycles. The lowest BCUT2D eigenvalue weighted by Crippen LogP contribution is -2.31. The highest BCUT2D eigenvalue weighted by Gasteiger charge is 2.23. The van der Waals surface area contributed by atoms with Gasteiger partial charge in [0, 0.05) is 19.2 Å². The zero-order valence-corrected chi connectivity index (χ0v) is 16.8. The summed E-state index contributed by atoms with van der Waals surface area (Å²) in [5.74, 6) is -0.710. The Balaban J connectivity index is 1.63. The predicted molar refractivity (Wildman–Crippen MR) is 109 cm³/mol. The summed E-state index contributed by atoms with van der Waals surface area (Å²) in [6, 6.07) is 7.35. The lowest BCUT2D eigenvalue weighted by Gasteiger charge is -2.22. The highest BCUT2D eigenvalue weighted by atomic mass is 16.6. The molecule has 2 aromatic rings. The summed E-state index contributed by atoms with van der Waals surface area (Å²) in [6.45, 7) is 2.74. The normalized spacial score (nSPS) is 15.2. The van der Waals surface area contributed by atoms with Crippen molar-refractivity contribution in [3.63, 3.8) is 0 Å². The second-order valence-corrected chi connectivity index (χ2v) is 7.24. The third-order valence-electron chi connectivity index (χ3n) is 5.04. The molecule has 30 heavy (non-hydrogen) atoms. The van der Waals surface area contributed by atoms with Crippen molar-refractivity contribution in [1.29, 1.82) is 0 Å². The van der Waals surface area contributed by atoms with Crippen molar-refractivity contribution in [3.05, 3.63) is 58.0 Å². The summed E-state index contributed by atoms with van der Waals surface area (Å²) < 4.78 is 10.2. The van der Waals surface area contributed by atoms with Crippen LogP contribution >= 0.6 is 0 Å². The van der Waals surface area contributed by atoms with E-state index in [1.165, 1.54) is 18.4 Å². The fraction of sp³-hybridized carbons (Fsp3) is 0.429. The first kappa shape index (κ1) is 21.4. The van der Waals surface area contributed by atoms with E-state index < -0.39 is 23.4 Å². The summed E-state index contributed by atoms with van der Waals surface area (Å²) in [7, 11) is 0. The Morgan fingerprint density at radius 1 is 1.23 bits per heavy atom. The van der Waals surface area contributed by atoms with E-state index in [4.69, 9.17) is 9.15 Å². The Labute approximate surface area is 174 Å². The number of carbonyl (C=O) groups is 2. The number of hydrogen-bond acceptors (Lipinski definition) is 7. The standard InChI is InChI=1S/C21H25N3O6/c1-15(19-7-6-12-29-19)22-20(25)14-30-21(26)16-8-9-17(18(13-16)24(27)28)23-10-4-2-3-5-11-23/h6-9,12-13,15H,2-5,10-11,14H2,1H3,(H,22,25)/t15-/m1/s1. The van der Waals surface area contributed by atoms with Gasteiger partial charge in [-0.1, -0.05) is 12.8 Å². The second-order valence-electron chi connectivity index (χ2n) is 7.24. The van der Waals surface area contributed by atoms with Gasteiger partial charge in [-0.15, -0.1) is 0 Å². The second kappa shape index (κ2) is 9.91. The van der Waals surface area contributed by atoms with Crippen LogP contribution < -0.4 is 10.2 Å². The minimum atomic E-state index is -0.790. The van der Waals surface area contributed by atoms with Crippen molar-refractivity contribution in [1.82, 2.24) is 5.32 Å². The number of nitrogens with zero attached hydrogens (tertiary/aromatic N) is 2. The van der Waals surface area contributed by atoms with Crippen LogP contribution in [-0.2, 0) is 9.53 Å². The lowest BCUT2D eigenvalue weighted by atomic mass is 10.1. The highest BCUT2D eigenvalue weighted by Crippen LogP contribution is 2.31. The molecule has 3 rings (SSSR count). The summed E-state index contributed by atoms with van der Waals surface area (Å²) in [5.41, 5.74) is 0.401. The number of hydrogen-bond donors (Lipinski definition) is 1. The topological polar surface area (TPSA) is 115 Å². The fourth-order valence-corrected chi connectivity index (χ4v) is 3.48. The number of anilines is 1. The molecule has 1 aromatic heterocycles. The summed E-state index contributed by atoms with van der Waals surface area (Å²) >= 11 is 0. The van der Waals surface area contributed by atoms with Crippen molar-refractivity contribution in [3.8, 4) is 0 Å². The van der Waals surface area contributed by atoms with Gasteiger partial charge in [-0.2, -0.15) is 0 Å². The summed E-state index contributed by atoms with van der Waals surface area (Å²) in [4.78, 5) is 37.4.